The van der Waals surface area contributed by atoms with Crippen LogP contribution in [0.25, 0.3) is 0 Å². The van der Waals surface area contributed by atoms with Gasteiger partial charge >= 0.3 is 0 Å². The van der Waals surface area contributed by atoms with Gasteiger partial charge in [-0.05, 0) is 51.7 Å². The zero-order valence-electron chi connectivity index (χ0n) is 16.8. The van der Waals surface area contributed by atoms with E-state index in [9.17, 15) is 4.79 Å². The Kier molecular flexibility index (Phi) is 10.5. The summed E-state index contributed by atoms with van der Waals surface area (Å²) in [5.41, 5.74) is 2.20. The molecule has 0 radical (unpaired) electrons. The van der Waals surface area contributed by atoms with E-state index in [-0.39, 0.29) is 42.5 Å². The van der Waals surface area contributed by atoms with Crippen LogP contribution in [-0.2, 0) is 11.3 Å². The molecular weight excluding hydrogens is 455 g/mol. The van der Waals surface area contributed by atoms with Crippen molar-refractivity contribution in [3.8, 4) is 5.75 Å². The van der Waals surface area contributed by atoms with Gasteiger partial charge in [0.05, 0.1) is 19.2 Å². The average Bonchev–Trinajstić information content (AvgIpc) is 3.42. The molecule has 1 aromatic rings. The molecule has 0 bridgehead atoms. The molecule has 1 fully saturated rings. The first-order chi connectivity index (χ1) is 12.5. The topological polar surface area (TPSA) is 74.8 Å². The van der Waals surface area contributed by atoms with Crippen molar-refractivity contribution in [3.05, 3.63) is 29.3 Å². The van der Waals surface area contributed by atoms with Crippen molar-refractivity contribution in [2.45, 2.75) is 65.6 Å². The molecule has 0 aliphatic heterocycles. The molecule has 1 aliphatic carbocycles. The van der Waals surface area contributed by atoms with Crippen LogP contribution in [0.4, 0.5) is 0 Å². The summed E-state index contributed by atoms with van der Waals surface area (Å²) in [4.78, 5) is 16.5. The van der Waals surface area contributed by atoms with Gasteiger partial charge in [0.15, 0.2) is 5.96 Å². The van der Waals surface area contributed by atoms with Crippen LogP contribution in [0.15, 0.2) is 23.2 Å². The molecule has 3 N–H and O–H groups in total. The first-order valence-corrected chi connectivity index (χ1v) is 9.59. The van der Waals surface area contributed by atoms with Gasteiger partial charge in [-0.15, -0.1) is 24.0 Å². The van der Waals surface area contributed by atoms with Crippen molar-refractivity contribution in [2.75, 3.05) is 13.1 Å². The lowest BCUT2D eigenvalue weighted by Crippen LogP contribution is -2.43. The second-order valence-corrected chi connectivity index (χ2v) is 6.84. The Labute approximate surface area is 179 Å². The number of aliphatic imine (C=N–C) groups is 1. The highest BCUT2D eigenvalue weighted by Crippen LogP contribution is 2.23. The highest BCUT2D eigenvalue weighted by molar-refractivity contribution is 14.0. The number of hydrogen-bond donors (Lipinski definition) is 3. The first kappa shape index (κ1) is 23.5. The molecule has 6 nitrogen and oxygen atoms in total. The maximum atomic E-state index is 11.8. The lowest BCUT2D eigenvalue weighted by molar-refractivity contribution is -0.120. The fraction of sp³-hybridized carbons (Fsp3) is 0.600. The normalized spacial score (nSPS) is 14.7. The Morgan fingerprint density at radius 2 is 2.04 bits per heavy atom. The number of carbonyl (C=O) groups excluding carboxylic acids is 1. The van der Waals surface area contributed by atoms with E-state index in [1.165, 1.54) is 0 Å². The fourth-order valence-electron chi connectivity index (χ4n) is 2.38. The number of halogens is 1. The maximum absolute atomic E-state index is 11.8. The number of nitrogens with zero attached hydrogens (tertiary/aromatic N) is 1. The minimum absolute atomic E-state index is 0. The summed E-state index contributed by atoms with van der Waals surface area (Å²) in [6.45, 7) is 9.70. The molecular formula is C20H33IN4O2. The molecule has 1 unspecified atom stereocenters. The minimum atomic E-state index is 0. The van der Waals surface area contributed by atoms with E-state index in [0.29, 0.717) is 18.5 Å². The van der Waals surface area contributed by atoms with Crippen molar-refractivity contribution in [2.24, 2.45) is 4.99 Å². The van der Waals surface area contributed by atoms with Gasteiger partial charge in [-0.1, -0.05) is 19.1 Å². The summed E-state index contributed by atoms with van der Waals surface area (Å²) >= 11 is 0. The van der Waals surface area contributed by atoms with Crippen LogP contribution in [0.5, 0.6) is 5.75 Å². The fourth-order valence-corrected chi connectivity index (χ4v) is 2.38. The molecule has 7 heteroatoms. The number of guanidine groups is 1. The average molecular weight is 488 g/mol. The SMILES string of the molecule is CCNC(=NCc1ccc(C)cc1OC(C)CC)NCC(=O)NC1CC1.I. The Balaban J connectivity index is 0.00000364. The molecule has 1 aromatic carbocycles. The summed E-state index contributed by atoms with van der Waals surface area (Å²) in [5.74, 6) is 1.52. The number of aryl methyl sites for hydroxylation is 1. The smallest absolute Gasteiger partial charge is 0.239 e. The van der Waals surface area contributed by atoms with E-state index in [1.807, 2.05) is 6.92 Å². The van der Waals surface area contributed by atoms with Crippen molar-refractivity contribution in [3.63, 3.8) is 0 Å². The van der Waals surface area contributed by atoms with Gasteiger partial charge in [0.2, 0.25) is 5.91 Å². The third kappa shape index (κ3) is 8.81. The predicted molar refractivity (Wildman–Crippen MR) is 121 cm³/mol. The molecule has 27 heavy (non-hydrogen) atoms. The lowest BCUT2D eigenvalue weighted by atomic mass is 10.1. The molecule has 1 aliphatic rings. The van der Waals surface area contributed by atoms with Gasteiger partial charge in [-0.25, -0.2) is 4.99 Å². The summed E-state index contributed by atoms with van der Waals surface area (Å²) in [6, 6.07) is 6.55. The summed E-state index contributed by atoms with van der Waals surface area (Å²) in [7, 11) is 0. The number of carbonyl (C=O) groups is 1. The van der Waals surface area contributed by atoms with Gasteiger partial charge in [0.1, 0.15) is 5.75 Å². The van der Waals surface area contributed by atoms with Crippen LogP contribution < -0.4 is 20.7 Å². The molecule has 0 saturated heterocycles. The summed E-state index contributed by atoms with van der Waals surface area (Å²) in [6.07, 6.45) is 3.30. The molecule has 2 rings (SSSR count). The van der Waals surface area contributed by atoms with Crippen LogP contribution >= 0.6 is 24.0 Å². The molecule has 1 saturated carbocycles. The Morgan fingerprint density at radius 1 is 1.30 bits per heavy atom. The van der Waals surface area contributed by atoms with E-state index in [1.54, 1.807) is 0 Å². The second kappa shape index (κ2) is 12.0. The Morgan fingerprint density at radius 3 is 2.67 bits per heavy atom. The van der Waals surface area contributed by atoms with Crippen molar-refractivity contribution >= 4 is 35.8 Å². The zero-order valence-corrected chi connectivity index (χ0v) is 19.1. The van der Waals surface area contributed by atoms with E-state index >= 15 is 0 Å². The molecule has 152 valence electrons. The molecule has 1 amide bonds. The monoisotopic (exact) mass is 488 g/mol. The zero-order chi connectivity index (χ0) is 18.9. The third-order valence-electron chi connectivity index (χ3n) is 4.24. The molecule has 0 spiro atoms. The number of benzene rings is 1. The Bertz CT molecular complexity index is 632. The number of hydrogen-bond acceptors (Lipinski definition) is 3. The van der Waals surface area contributed by atoms with E-state index in [0.717, 1.165) is 42.7 Å². The number of amides is 1. The first-order valence-electron chi connectivity index (χ1n) is 9.59. The van der Waals surface area contributed by atoms with E-state index in [2.05, 4.69) is 59.9 Å². The van der Waals surface area contributed by atoms with Crippen LogP contribution in [0.3, 0.4) is 0 Å². The lowest BCUT2D eigenvalue weighted by Gasteiger charge is -2.17. The van der Waals surface area contributed by atoms with Crippen molar-refractivity contribution < 1.29 is 9.53 Å². The Hall–Kier alpha value is -1.51. The second-order valence-electron chi connectivity index (χ2n) is 6.84. The van der Waals surface area contributed by atoms with Crippen molar-refractivity contribution in [1.82, 2.24) is 16.0 Å². The standard InChI is InChI=1S/C20H32N4O2.HI/c1-5-15(4)26-18-11-14(3)7-8-16(18)12-22-20(21-6-2)23-13-19(25)24-17-9-10-17;/h7-8,11,15,17H,5-6,9-10,12-13H2,1-4H3,(H,24,25)(H2,21,22,23);1H. The molecule has 0 aromatic heterocycles. The predicted octanol–water partition coefficient (Wildman–Crippen LogP) is 3.12. The number of nitrogens with one attached hydrogen (secondary N) is 3. The van der Waals surface area contributed by atoms with E-state index in [4.69, 9.17) is 4.74 Å². The highest BCUT2D eigenvalue weighted by Gasteiger charge is 2.22. The summed E-state index contributed by atoms with van der Waals surface area (Å²) in [5, 5.41) is 9.23. The van der Waals surface area contributed by atoms with Crippen LogP contribution in [0, 0.1) is 6.92 Å². The third-order valence-corrected chi connectivity index (χ3v) is 4.24. The van der Waals surface area contributed by atoms with E-state index < -0.39 is 0 Å². The molecule has 0 heterocycles. The van der Waals surface area contributed by atoms with Gasteiger partial charge in [-0.3, -0.25) is 4.79 Å². The van der Waals surface area contributed by atoms with Crippen LogP contribution in [0.2, 0.25) is 0 Å². The minimum Gasteiger partial charge on any atom is -0.490 e. The number of ether oxygens (including phenoxy) is 1. The van der Waals surface area contributed by atoms with Gasteiger partial charge < -0.3 is 20.7 Å². The largest absolute Gasteiger partial charge is 0.490 e. The van der Waals surface area contributed by atoms with Gasteiger partial charge in [0.25, 0.3) is 0 Å². The van der Waals surface area contributed by atoms with Crippen LogP contribution in [-0.4, -0.2) is 37.1 Å². The van der Waals surface area contributed by atoms with Gasteiger partial charge in [-0.2, -0.15) is 0 Å². The highest BCUT2D eigenvalue weighted by atomic mass is 127. The van der Waals surface area contributed by atoms with Crippen LogP contribution in [0.1, 0.15) is 51.2 Å². The quantitative estimate of drug-likeness (QED) is 0.284. The summed E-state index contributed by atoms with van der Waals surface area (Å²) < 4.78 is 6.04. The maximum Gasteiger partial charge on any atom is 0.239 e. The van der Waals surface area contributed by atoms with Crippen molar-refractivity contribution in [1.29, 1.82) is 0 Å². The molecule has 1 atom stereocenters. The van der Waals surface area contributed by atoms with Gasteiger partial charge in [0, 0.05) is 18.2 Å². The number of rotatable bonds is 9.